The molecule has 0 aliphatic rings. The van der Waals surface area contributed by atoms with Crippen LogP contribution >= 0.6 is 12.6 Å². The van der Waals surface area contributed by atoms with Crippen molar-refractivity contribution in [3.63, 3.8) is 0 Å². The number of aliphatic carboxylic acids is 3. The van der Waals surface area contributed by atoms with E-state index in [1.54, 1.807) is 0 Å². The molecule has 0 saturated heterocycles. The highest BCUT2D eigenvalue weighted by Gasteiger charge is 2.32. The number of carbonyl (C=O) groups excluding carboxylic acids is 4. The van der Waals surface area contributed by atoms with E-state index in [1.165, 1.54) is 0 Å². The van der Waals surface area contributed by atoms with E-state index in [9.17, 15) is 33.6 Å². The van der Waals surface area contributed by atoms with Crippen LogP contribution in [0.4, 0.5) is 0 Å². The van der Waals surface area contributed by atoms with E-state index in [4.69, 9.17) is 26.8 Å². The van der Waals surface area contributed by atoms with E-state index in [0.717, 1.165) is 0 Å². The topological polar surface area (TPSA) is 268 Å². The Morgan fingerprint density at radius 2 is 1.22 bits per heavy atom. The zero-order chi connectivity index (χ0) is 25.0. The first-order chi connectivity index (χ1) is 14.8. The van der Waals surface area contributed by atoms with Crippen molar-refractivity contribution in [3.05, 3.63) is 0 Å². The lowest BCUT2D eigenvalue weighted by atomic mass is 10.1. The Labute approximate surface area is 186 Å². The van der Waals surface area contributed by atoms with Gasteiger partial charge in [0.05, 0.1) is 18.9 Å². The lowest BCUT2D eigenvalue weighted by Crippen LogP contribution is -2.58. The molecule has 0 radical (unpaired) electrons. The molecule has 180 valence electrons. The Morgan fingerprint density at radius 3 is 1.62 bits per heavy atom. The number of amides is 4. The minimum absolute atomic E-state index is 0.118. The third-order valence-corrected chi connectivity index (χ3v) is 4.24. The van der Waals surface area contributed by atoms with Crippen LogP contribution in [-0.2, 0) is 33.6 Å². The second-order valence-corrected chi connectivity index (χ2v) is 6.88. The number of nitrogens with two attached hydrogens (primary N) is 2. The second kappa shape index (κ2) is 13.8. The molecule has 4 atom stereocenters. The maximum absolute atomic E-state index is 12.5. The summed E-state index contributed by atoms with van der Waals surface area (Å²) in [7, 11) is 0. The zero-order valence-corrected chi connectivity index (χ0v) is 17.5. The molecular weight excluding hydrogens is 454 g/mol. The average Bonchev–Trinajstić information content (AvgIpc) is 2.67. The molecule has 10 N–H and O–H groups in total. The fourth-order valence-corrected chi connectivity index (χ4v) is 2.39. The quantitative estimate of drug-likeness (QED) is 0.102. The van der Waals surface area contributed by atoms with Crippen molar-refractivity contribution in [1.29, 1.82) is 0 Å². The van der Waals surface area contributed by atoms with Gasteiger partial charge < -0.3 is 42.7 Å². The summed E-state index contributed by atoms with van der Waals surface area (Å²) in [4.78, 5) is 81.0. The molecule has 4 unspecified atom stereocenters. The largest absolute Gasteiger partial charge is 0.481 e. The monoisotopic (exact) mass is 479 g/mol. The van der Waals surface area contributed by atoms with Gasteiger partial charge in [0.15, 0.2) is 0 Å². The minimum Gasteiger partial charge on any atom is -0.481 e. The van der Waals surface area contributed by atoms with Crippen LogP contribution in [0, 0.1) is 0 Å². The van der Waals surface area contributed by atoms with E-state index in [0.29, 0.717) is 0 Å². The van der Waals surface area contributed by atoms with Gasteiger partial charge in [-0.3, -0.25) is 28.8 Å². The molecular formula is C16H25N5O10S. The molecule has 0 spiro atoms. The maximum Gasteiger partial charge on any atom is 0.326 e. The number of rotatable bonds is 15. The normalized spacial score (nSPS) is 14.2. The van der Waals surface area contributed by atoms with Gasteiger partial charge in [-0.2, -0.15) is 12.6 Å². The van der Waals surface area contributed by atoms with E-state index in [-0.39, 0.29) is 5.75 Å². The highest BCUT2D eigenvalue weighted by atomic mass is 32.1. The summed E-state index contributed by atoms with van der Waals surface area (Å²) < 4.78 is 0. The van der Waals surface area contributed by atoms with E-state index >= 15 is 0 Å². The Balaban J connectivity index is 5.51. The summed E-state index contributed by atoms with van der Waals surface area (Å²) in [6.07, 6.45) is -2.79. The van der Waals surface area contributed by atoms with Gasteiger partial charge in [0.25, 0.3) is 0 Å². The number of thiol groups is 1. The predicted octanol–water partition coefficient (Wildman–Crippen LogP) is -4.00. The third-order valence-electron chi connectivity index (χ3n) is 3.84. The van der Waals surface area contributed by atoms with Crippen LogP contribution in [0.15, 0.2) is 0 Å². The van der Waals surface area contributed by atoms with Gasteiger partial charge in [0, 0.05) is 12.2 Å². The van der Waals surface area contributed by atoms with Crippen LogP contribution in [0.2, 0.25) is 0 Å². The summed E-state index contributed by atoms with van der Waals surface area (Å²) in [6.45, 7) is 0. The minimum atomic E-state index is -1.74. The van der Waals surface area contributed by atoms with Crippen LogP contribution in [-0.4, -0.2) is 86.8 Å². The number of carboxylic acid groups (broad SMARTS) is 3. The Kier molecular flexibility index (Phi) is 12.3. The van der Waals surface area contributed by atoms with Crippen molar-refractivity contribution in [2.75, 3.05) is 5.75 Å². The van der Waals surface area contributed by atoms with Crippen LogP contribution in [0.3, 0.4) is 0 Å². The molecule has 0 aromatic rings. The third kappa shape index (κ3) is 11.1. The number of carboxylic acids is 3. The lowest BCUT2D eigenvalue weighted by molar-refractivity contribution is -0.144. The maximum atomic E-state index is 12.5. The van der Waals surface area contributed by atoms with Crippen molar-refractivity contribution in [1.82, 2.24) is 16.0 Å². The molecule has 15 nitrogen and oxygen atoms in total. The van der Waals surface area contributed by atoms with Crippen molar-refractivity contribution in [2.45, 2.75) is 49.9 Å². The number of hydrogen-bond donors (Lipinski definition) is 9. The van der Waals surface area contributed by atoms with Crippen LogP contribution in [0.5, 0.6) is 0 Å². The lowest BCUT2D eigenvalue weighted by Gasteiger charge is -2.23. The van der Waals surface area contributed by atoms with Crippen LogP contribution < -0.4 is 27.4 Å². The van der Waals surface area contributed by atoms with Gasteiger partial charge in [-0.25, -0.2) is 4.79 Å². The Hall–Kier alpha value is -3.40. The zero-order valence-electron chi connectivity index (χ0n) is 16.6. The van der Waals surface area contributed by atoms with Crippen molar-refractivity contribution < 1.29 is 48.9 Å². The molecule has 0 aromatic carbocycles. The molecule has 0 saturated carbocycles. The second-order valence-electron chi connectivity index (χ2n) is 6.51. The van der Waals surface area contributed by atoms with Crippen LogP contribution in [0.25, 0.3) is 0 Å². The van der Waals surface area contributed by atoms with Crippen molar-refractivity contribution in [2.24, 2.45) is 11.5 Å². The molecule has 4 amide bonds. The smallest absolute Gasteiger partial charge is 0.326 e. The molecule has 0 bridgehead atoms. The van der Waals surface area contributed by atoms with Crippen molar-refractivity contribution in [3.8, 4) is 0 Å². The van der Waals surface area contributed by atoms with E-state index < -0.39 is 91.4 Å². The summed E-state index contributed by atoms with van der Waals surface area (Å²) >= 11 is 3.81. The van der Waals surface area contributed by atoms with Crippen molar-refractivity contribution >= 4 is 54.2 Å². The Morgan fingerprint density at radius 1 is 0.750 bits per heavy atom. The number of carbonyl (C=O) groups is 7. The molecule has 0 heterocycles. The predicted molar refractivity (Wildman–Crippen MR) is 108 cm³/mol. The van der Waals surface area contributed by atoms with Gasteiger partial charge in [0.2, 0.25) is 23.6 Å². The van der Waals surface area contributed by atoms with Crippen LogP contribution in [0.1, 0.15) is 25.7 Å². The number of hydrogen-bond acceptors (Lipinski definition) is 9. The molecule has 0 fully saturated rings. The average molecular weight is 479 g/mol. The van der Waals surface area contributed by atoms with E-state index in [1.807, 2.05) is 10.6 Å². The SMILES string of the molecule is NC(=O)CC(NC(=O)C(CC(=O)O)NC(=O)C(N)CS)C(=O)NC(CCC(=O)O)C(=O)O. The van der Waals surface area contributed by atoms with Gasteiger partial charge in [-0.05, 0) is 6.42 Å². The summed E-state index contributed by atoms with van der Waals surface area (Å²) in [5.41, 5.74) is 10.5. The molecule has 0 rings (SSSR count). The highest BCUT2D eigenvalue weighted by molar-refractivity contribution is 7.80. The summed E-state index contributed by atoms with van der Waals surface area (Å²) in [5, 5.41) is 32.8. The van der Waals surface area contributed by atoms with Gasteiger partial charge >= 0.3 is 17.9 Å². The van der Waals surface area contributed by atoms with Gasteiger partial charge in [-0.15, -0.1) is 0 Å². The summed E-state index contributed by atoms with van der Waals surface area (Å²) in [5.74, 6) is -8.85. The molecule has 32 heavy (non-hydrogen) atoms. The van der Waals surface area contributed by atoms with Gasteiger partial charge in [-0.1, -0.05) is 0 Å². The van der Waals surface area contributed by atoms with E-state index in [2.05, 4.69) is 17.9 Å². The number of nitrogens with one attached hydrogen (secondary N) is 3. The first-order valence-electron chi connectivity index (χ1n) is 9.00. The number of primary amides is 1. The van der Waals surface area contributed by atoms with Gasteiger partial charge in [0.1, 0.15) is 18.1 Å². The standard InChI is InChI=1S/C16H25N5O10S/c17-6(5-32)13(27)20-9(4-12(25)26)15(29)21-8(3-10(18)22)14(28)19-7(16(30)31)1-2-11(23)24/h6-9,32H,1-5,17H2,(H2,18,22)(H,19,28)(H,20,27)(H,21,29)(H,23,24)(H,25,26)(H,30,31). The fraction of sp³-hybridized carbons (Fsp3) is 0.562. The Bertz CT molecular complexity index is 761. The molecule has 0 aliphatic heterocycles. The summed E-state index contributed by atoms with van der Waals surface area (Å²) in [6, 6.07) is -6.26. The highest BCUT2D eigenvalue weighted by Crippen LogP contribution is 2.03. The first-order valence-corrected chi connectivity index (χ1v) is 9.63. The molecule has 16 heteroatoms. The molecule has 0 aliphatic carbocycles. The molecule has 0 aromatic heterocycles. The first kappa shape index (κ1) is 28.6. The fourth-order valence-electron chi connectivity index (χ4n) is 2.23.